The zero-order valence-electron chi connectivity index (χ0n) is 13.6. The molecule has 3 aromatic carbocycles. The predicted octanol–water partition coefficient (Wildman–Crippen LogP) is 4.46. The van der Waals surface area contributed by atoms with E-state index in [4.69, 9.17) is 0 Å². The molecular formula is C20H18O4S. The molecule has 5 heteroatoms. The van der Waals surface area contributed by atoms with Gasteiger partial charge in [0.05, 0.1) is 4.90 Å². The molecule has 0 aliphatic heterocycles. The van der Waals surface area contributed by atoms with E-state index in [-0.39, 0.29) is 16.6 Å². The normalized spacial score (nSPS) is 12.7. The fourth-order valence-electron chi connectivity index (χ4n) is 2.87. The van der Waals surface area contributed by atoms with Crippen LogP contribution >= 0.6 is 0 Å². The van der Waals surface area contributed by atoms with Crippen molar-refractivity contribution >= 4 is 10.1 Å². The number of hydrogen-bond acceptors (Lipinski definition) is 3. The molecule has 0 saturated heterocycles. The van der Waals surface area contributed by atoms with Crippen LogP contribution in [0, 0.1) is 0 Å². The minimum Gasteiger partial charge on any atom is -0.507 e. The van der Waals surface area contributed by atoms with Gasteiger partial charge < -0.3 is 5.11 Å². The zero-order chi connectivity index (χ0) is 18.0. The second-order valence-corrected chi connectivity index (χ2v) is 7.30. The molecule has 0 aromatic heterocycles. The maximum absolute atomic E-state index is 11.7. The molecule has 128 valence electrons. The molecule has 0 heterocycles. The monoisotopic (exact) mass is 354 g/mol. The zero-order valence-corrected chi connectivity index (χ0v) is 14.4. The van der Waals surface area contributed by atoms with Crippen LogP contribution in [0.1, 0.15) is 24.0 Å². The molecule has 3 rings (SSSR count). The van der Waals surface area contributed by atoms with Crippen LogP contribution < -0.4 is 0 Å². The molecule has 0 spiro atoms. The van der Waals surface area contributed by atoms with Crippen molar-refractivity contribution in [1.29, 1.82) is 0 Å². The molecule has 0 bridgehead atoms. The van der Waals surface area contributed by atoms with E-state index in [0.29, 0.717) is 16.7 Å². The first-order valence-electron chi connectivity index (χ1n) is 7.82. The van der Waals surface area contributed by atoms with Crippen LogP contribution in [-0.4, -0.2) is 18.1 Å². The molecule has 25 heavy (non-hydrogen) atoms. The first-order chi connectivity index (χ1) is 11.9. The van der Waals surface area contributed by atoms with Crippen LogP contribution in [0.3, 0.4) is 0 Å². The number of phenolic OH excluding ortho intramolecular Hbond substituents is 1. The second kappa shape index (κ2) is 6.70. The van der Waals surface area contributed by atoms with Gasteiger partial charge in [0, 0.05) is 17.0 Å². The lowest BCUT2D eigenvalue weighted by atomic mass is 9.89. The number of benzene rings is 3. The summed E-state index contributed by atoms with van der Waals surface area (Å²) in [6.45, 7) is 1.88. The lowest BCUT2D eigenvalue weighted by Gasteiger charge is -2.18. The smallest absolute Gasteiger partial charge is 0.294 e. The van der Waals surface area contributed by atoms with Crippen LogP contribution in [0.4, 0.5) is 0 Å². The number of aromatic hydroxyl groups is 1. The Bertz CT molecular complexity index is 981. The maximum atomic E-state index is 11.7. The molecule has 1 unspecified atom stereocenters. The van der Waals surface area contributed by atoms with E-state index >= 15 is 0 Å². The van der Waals surface area contributed by atoms with E-state index in [1.807, 2.05) is 43.3 Å². The molecule has 1 atom stereocenters. The molecule has 0 aliphatic carbocycles. The van der Waals surface area contributed by atoms with Crippen LogP contribution in [0.15, 0.2) is 77.7 Å². The van der Waals surface area contributed by atoms with Crippen molar-refractivity contribution in [1.82, 2.24) is 0 Å². The van der Waals surface area contributed by atoms with Gasteiger partial charge in [-0.15, -0.1) is 0 Å². The Morgan fingerprint density at radius 1 is 0.880 bits per heavy atom. The summed E-state index contributed by atoms with van der Waals surface area (Å²) < 4.78 is 32.9. The Kier molecular flexibility index (Phi) is 4.61. The first kappa shape index (κ1) is 17.2. The average Bonchev–Trinajstić information content (AvgIpc) is 2.62. The third kappa shape index (κ3) is 3.57. The summed E-state index contributed by atoms with van der Waals surface area (Å²) in [5.74, 6) is -0.236. The number of hydrogen-bond donors (Lipinski definition) is 2. The van der Waals surface area contributed by atoms with Gasteiger partial charge in [-0.25, -0.2) is 0 Å². The van der Waals surface area contributed by atoms with Crippen LogP contribution in [0.5, 0.6) is 5.75 Å². The summed E-state index contributed by atoms with van der Waals surface area (Å²) in [5, 5.41) is 10.8. The molecule has 0 fully saturated rings. The van der Waals surface area contributed by atoms with Gasteiger partial charge in [-0.2, -0.15) is 8.42 Å². The van der Waals surface area contributed by atoms with Crippen molar-refractivity contribution in [2.75, 3.05) is 0 Å². The highest BCUT2D eigenvalue weighted by Gasteiger charge is 2.21. The predicted molar refractivity (Wildman–Crippen MR) is 97.3 cm³/mol. The average molecular weight is 354 g/mol. The molecule has 0 saturated carbocycles. The Morgan fingerprint density at radius 3 is 2.00 bits per heavy atom. The molecule has 2 N–H and O–H groups in total. The molecule has 0 amide bonds. The largest absolute Gasteiger partial charge is 0.507 e. The molecule has 4 nitrogen and oxygen atoms in total. The maximum Gasteiger partial charge on any atom is 0.294 e. The summed E-state index contributed by atoms with van der Waals surface area (Å²) in [6, 6.07) is 21.1. The highest BCUT2D eigenvalue weighted by atomic mass is 32.2. The van der Waals surface area contributed by atoms with Crippen molar-refractivity contribution in [3.05, 3.63) is 83.9 Å². The summed E-state index contributed by atoms with van der Waals surface area (Å²) in [6.07, 6.45) is 0. The number of rotatable bonds is 4. The van der Waals surface area contributed by atoms with Gasteiger partial charge in [0.25, 0.3) is 10.1 Å². The summed E-state index contributed by atoms with van der Waals surface area (Å²) in [5.41, 5.74) is 2.42. The van der Waals surface area contributed by atoms with E-state index in [9.17, 15) is 18.1 Å². The number of phenols is 1. The van der Waals surface area contributed by atoms with Crippen LogP contribution in [0.25, 0.3) is 11.1 Å². The van der Waals surface area contributed by atoms with Crippen molar-refractivity contribution in [2.24, 2.45) is 0 Å². The Labute approximate surface area is 147 Å². The molecule has 0 radical (unpaired) electrons. The third-order valence-corrected chi connectivity index (χ3v) is 5.09. The minimum atomic E-state index is -4.40. The van der Waals surface area contributed by atoms with Gasteiger partial charge in [0.2, 0.25) is 0 Å². The molecule has 3 aromatic rings. The Hall–Kier alpha value is -2.63. The van der Waals surface area contributed by atoms with Crippen molar-refractivity contribution in [2.45, 2.75) is 17.7 Å². The highest BCUT2D eigenvalue weighted by molar-refractivity contribution is 7.85. The van der Waals surface area contributed by atoms with Gasteiger partial charge in [-0.3, -0.25) is 4.55 Å². The summed E-state index contributed by atoms with van der Waals surface area (Å²) in [7, 11) is -4.40. The Balaban J connectivity index is 2.25. The van der Waals surface area contributed by atoms with Crippen molar-refractivity contribution in [3.63, 3.8) is 0 Å². The summed E-state index contributed by atoms with van der Waals surface area (Å²) >= 11 is 0. The highest BCUT2D eigenvalue weighted by Crippen LogP contribution is 2.40. The Morgan fingerprint density at radius 2 is 1.44 bits per heavy atom. The van der Waals surface area contributed by atoms with Gasteiger partial charge in [-0.05, 0) is 23.3 Å². The lowest BCUT2D eigenvalue weighted by Crippen LogP contribution is -2.03. The minimum absolute atomic E-state index is 0.00922. The van der Waals surface area contributed by atoms with Crippen molar-refractivity contribution < 1.29 is 18.1 Å². The van der Waals surface area contributed by atoms with Crippen LogP contribution in [0.2, 0.25) is 0 Å². The van der Waals surface area contributed by atoms with Gasteiger partial charge in [0.1, 0.15) is 5.75 Å². The molecular weight excluding hydrogens is 336 g/mol. The first-order valence-corrected chi connectivity index (χ1v) is 9.26. The van der Waals surface area contributed by atoms with Gasteiger partial charge >= 0.3 is 0 Å². The van der Waals surface area contributed by atoms with Crippen molar-refractivity contribution in [3.8, 4) is 16.9 Å². The van der Waals surface area contributed by atoms with E-state index in [0.717, 1.165) is 5.56 Å². The van der Waals surface area contributed by atoms with E-state index in [1.165, 1.54) is 12.1 Å². The quantitative estimate of drug-likeness (QED) is 0.679. The topological polar surface area (TPSA) is 74.6 Å². The van der Waals surface area contributed by atoms with E-state index in [1.54, 1.807) is 24.3 Å². The third-order valence-electron chi connectivity index (χ3n) is 4.26. The standard InChI is InChI=1S/C20H18O4S/c1-14(15-8-4-2-5-9-15)18-12-17(25(22,23)24)13-19(20(18)21)16-10-6-3-7-11-16/h2-14,21H,1H3,(H,22,23,24). The lowest BCUT2D eigenvalue weighted by molar-refractivity contribution is 0.466. The SMILES string of the molecule is CC(c1ccccc1)c1cc(S(=O)(=O)O)cc(-c2ccccc2)c1O. The van der Waals surface area contributed by atoms with E-state index < -0.39 is 10.1 Å². The second-order valence-electron chi connectivity index (χ2n) is 5.88. The van der Waals surface area contributed by atoms with Gasteiger partial charge in [0.15, 0.2) is 0 Å². The van der Waals surface area contributed by atoms with Gasteiger partial charge in [-0.1, -0.05) is 67.6 Å². The fraction of sp³-hybridized carbons (Fsp3) is 0.100. The fourth-order valence-corrected chi connectivity index (χ4v) is 3.41. The molecule has 0 aliphatic rings. The van der Waals surface area contributed by atoms with Crippen LogP contribution in [-0.2, 0) is 10.1 Å². The summed E-state index contributed by atoms with van der Waals surface area (Å²) in [4.78, 5) is -0.234. The van der Waals surface area contributed by atoms with E-state index in [2.05, 4.69) is 0 Å².